The molecule has 0 saturated heterocycles. The lowest BCUT2D eigenvalue weighted by Crippen LogP contribution is -2.34. The fourth-order valence-electron chi connectivity index (χ4n) is 2.17. The summed E-state index contributed by atoms with van der Waals surface area (Å²) in [6.07, 6.45) is 2.10. The van der Waals surface area contributed by atoms with Crippen LogP contribution in [0.4, 0.5) is 0 Å². The molecule has 0 radical (unpaired) electrons. The summed E-state index contributed by atoms with van der Waals surface area (Å²) in [5.74, 6) is 1.17. The second-order valence-corrected chi connectivity index (χ2v) is 6.75. The molecule has 1 N–H and O–H groups in total. The van der Waals surface area contributed by atoms with Gasteiger partial charge >= 0.3 is 0 Å². The van der Waals surface area contributed by atoms with Gasteiger partial charge < -0.3 is 5.32 Å². The maximum atomic E-state index is 4.64. The molecule has 0 saturated carbocycles. The van der Waals surface area contributed by atoms with Crippen LogP contribution in [0, 0.1) is 0 Å². The fourth-order valence-corrected chi connectivity index (χ4v) is 3.02. The van der Waals surface area contributed by atoms with Crippen molar-refractivity contribution in [2.24, 2.45) is 0 Å². The van der Waals surface area contributed by atoms with Gasteiger partial charge in [-0.2, -0.15) is 16.9 Å². The molecule has 1 atom stereocenters. The number of hydrogen-bond acceptors (Lipinski definition) is 3. The lowest BCUT2D eigenvalue weighted by atomic mass is 10.1. The Balaban J connectivity index is 2.68. The Morgan fingerprint density at radius 3 is 2.58 bits per heavy atom. The van der Waals surface area contributed by atoms with E-state index in [-0.39, 0.29) is 0 Å². The quantitative estimate of drug-likeness (QED) is 0.755. The monoisotopic (exact) mass is 283 g/mol. The van der Waals surface area contributed by atoms with Crippen LogP contribution in [-0.2, 0) is 19.4 Å². The van der Waals surface area contributed by atoms with E-state index in [0.717, 1.165) is 25.9 Å². The number of likely N-dealkylation sites (N-methyl/N-ethyl adjacent to an activating group) is 1. The van der Waals surface area contributed by atoms with Crippen LogP contribution in [-0.4, -0.2) is 33.4 Å². The standard InChI is InChI=1S/C15H29N3S/c1-6-13-9-15(18(8-3)17-13)10-14(16-7-2)11-19-12(4)5/h9,12,14,16H,6-8,10-11H2,1-5H3. The normalized spacial score (nSPS) is 13.2. The summed E-state index contributed by atoms with van der Waals surface area (Å²) in [6.45, 7) is 13.0. The highest BCUT2D eigenvalue weighted by Crippen LogP contribution is 2.15. The van der Waals surface area contributed by atoms with Gasteiger partial charge in [-0.05, 0) is 31.2 Å². The van der Waals surface area contributed by atoms with Crippen molar-refractivity contribution in [1.82, 2.24) is 15.1 Å². The molecule has 0 fully saturated rings. The zero-order valence-corrected chi connectivity index (χ0v) is 13.9. The Morgan fingerprint density at radius 1 is 1.32 bits per heavy atom. The molecule has 0 aliphatic heterocycles. The SMILES string of the molecule is CCNC(CSC(C)C)Cc1cc(CC)nn1CC. The maximum absolute atomic E-state index is 4.64. The summed E-state index contributed by atoms with van der Waals surface area (Å²) in [4.78, 5) is 0. The highest BCUT2D eigenvalue weighted by Gasteiger charge is 2.14. The Kier molecular flexibility index (Phi) is 7.54. The molecule has 1 heterocycles. The van der Waals surface area contributed by atoms with Gasteiger partial charge in [0.05, 0.1) is 5.69 Å². The van der Waals surface area contributed by atoms with Crippen molar-refractivity contribution in [3.63, 3.8) is 0 Å². The van der Waals surface area contributed by atoms with Crippen LogP contribution in [0.5, 0.6) is 0 Å². The van der Waals surface area contributed by atoms with Gasteiger partial charge in [-0.25, -0.2) is 0 Å². The zero-order valence-electron chi connectivity index (χ0n) is 13.1. The van der Waals surface area contributed by atoms with Crippen molar-refractivity contribution in [2.45, 2.75) is 65.3 Å². The first kappa shape index (κ1) is 16.6. The molecule has 0 aliphatic rings. The summed E-state index contributed by atoms with van der Waals surface area (Å²) >= 11 is 2.03. The Labute approximate surface area is 122 Å². The minimum absolute atomic E-state index is 0.545. The second kappa shape index (κ2) is 8.64. The van der Waals surface area contributed by atoms with Crippen molar-refractivity contribution in [2.75, 3.05) is 12.3 Å². The summed E-state index contributed by atoms with van der Waals surface area (Å²) < 4.78 is 2.16. The van der Waals surface area contributed by atoms with Crippen molar-refractivity contribution in [1.29, 1.82) is 0 Å². The first-order chi connectivity index (χ1) is 9.10. The average Bonchev–Trinajstić information content (AvgIpc) is 2.78. The van der Waals surface area contributed by atoms with Crippen molar-refractivity contribution in [3.8, 4) is 0 Å². The Hall–Kier alpha value is -0.480. The lowest BCUT2D eigenvalue weighted by molar-refractivity contribution is 0.532. The van der Waals surface area contributed by atoms with Crippen LogP contribution in [0.1, 0.15) is 46.0 Å². The van der Waals surface area contributed by atoms with Crippen LogP contribution in [0.25, 0.3) is 0 Å². The molecule has 110 valence electrons. The van der Waals surface area contributed by atoms with Gasteiger partial charge in [-0.1, -0.05) is 27.7 Å². The molecular formula is C15H29N3S. The molecule has 1 unspecified atom stereocenters. The molecule has 0 spiro atoms. The van der Waals surface area contributed by atoms with E-state index in [4.69, 9.17) is 0 Å². The van der Waals surface area contributed by atoms with Crippen molar-refractivity contribution < 1.29 is 0 Å². The zero-order chi connectivity index (χ0) is 14.3. The molecule has 1 aromatic heterocycles. The van der Waals surface area contributed by atoms with E-state index in [1.54, 1.807) is 0 Å². The molecule has 0 aromatic carbocycles. The Bertz CT molecular complexity index is 360. The number of aryl methyl sites for hydroxylation is 2. The van der Waals surface area contributed by atoms with E-state index in [9.17, 15) is 0 Å². The van der Waals surface area contributed by atoms with E-state index >= 15 is 0 Å². The molecular weight excluding hydrogens is 254 g/mol. The number of aromatic nitrogens is 2. The van der Waals surface area contributed by atoms with E-state index in [1.807, 2.05) is 11.8 Å². The van der Waals surface area contributed by atoms with E-state index in [1.165, 1.54) is 17.1 Å². The molecule has 4 heteroatoms. The van der Waals surface area contributed by atoms with E-state index < -0.39 is 0 Å². The highest BCUT2D eigenvalue weighted by atomic mass is 32.2. The second-order valence-electron chi connectivity index (χ2n) is 5.14. The third-order valence-electron chi connectivity index (χ3n) is 3.15. The van der Waals surface area contributed by atoms with Crippen LogP contribution >= 0.6 is 11.8 Å². The first-order valence-corrected chi connectivity index (χ1v) is 8.56. The fraction of sp³-hybridized carbons (Fsp3) is 0.800. The predicted molar refractivity (Wildman–Crippen MR) is 86.0 cm³/mol. The van der Waals surface area contributed by atoms with Crippen molar-refractivity contribution in [3.05, 3.63) is 17.5 Å². The largest absolute Gasteiger partial charge is 0.313 e. The van der Waals surface area contributed by atoms with Crippen LogP contribution in [0.2, 0.25) is 0 Å². The minimum atomic E-state index is 0.545. The topological polar surface area (TPSA) is 29.9 Å². The molecule has 1 rings (SSSR count). The van der Waals surface area contributed by atoms with Crippen LogP contribution < -0.4 is 5.32 Å². The van der Waals surface area contributed by atoms with Gasteiger partial charge in [0.25, 0.3) is 0 Å². The number of rotatable bonds is 9. The molecule has 3 nitrogen and oxygen atoms in total. The summed E-state index contributed by atoms with van der Waals surface area (Å²) in [5, 5.41) is 8.94. The van der Waals surface area contributed by atoms with Gasteiger partial charge in [0.2, 0.25) is 0 Å². The minimum Gasteiger partial charge on any atom is -0.313 e. The number of thioether (sulfide) groups is 1. The average molecular weight is 283 g/mol. The smallest absolute Gasteiger partial charge is 0.0624 e. The Morgan fingerprint density at radius 2 is 2.05 bits per heavy atom. The summed E-state index contributed by atoms with van der Waals surface area (Å²) in [6, 6.07) is 2.82. The van der Waals surface area contributed by atoms with Gasteiger partial charge in [0.1, 0.15) is 0 Å². The van der Waals surface area contributed by atoms with Gasteiger partial charge in [-0.15, -0.1) is 0 Å². The van der Waals surface area contributed by atoms with Crippen molar-refractivity contribution >= 4 is 11.8 Å². The highest BCUT2D eigenvalue weighted by molar-refractivity contribution is 7.99. The lowest BCUT2D eigenvalue weighted by Gasteiger charge is -2.19. The molecule has 0 aliphatic carbocycles. The molecule has 0 bridgehead atoms. The van der Waals surface area contributed by atoms with Crippen LogP contribution in [0.15, 0.2) is 6.07 Å². The predicted octanol–water partition coefficient (Wildman–Crippen LogP) is 3.13. The van der Waals surface area contributed by atoms with Crippen LogP contribution in [0.3, 0.4) is 0 Å². The number of hydrogen-bond donors (Lipinski definition) is 1. The van der Waals surface area contributed by atoms with Gasteiger partial charge in [0.15, 0.2) is 0 Å². The summed E-state index contributed by atoms with van der Waals surface area (Å²) in [7, 11) is 0. The van der Waals surface area contributed by atoms with E-state index in [2.05, 4.69) is 55.8 Å². The molecule has 0 amide bonds. The third-order valence-corrected chi connectivity index (χ3v) is 4.42. The number of nitrogens with one attached hydrogen (secondary N) is 1. The van der Waals surface area contributed by atoms with E-state index in [0.29, 0.717) is 11.3 Å². The first-order valence-electron chi connectivity index (χ1n) is 7.51. The maximum Gasteiger partial charge on any atom is 0.0624 e. The third kappa shape index (κ3) is 5.57. The molecule has 19 heavy (non-hydrogen) atoms. The number of nitrogens with zero attached hydrogens (tertiary/aromatic N) is 2. The molecule has 1 aromatic rings. The van der Waals surface area contributed by atoms with Gasteiger partial charge in [0, 0.05) is 30.5 Å². The van der Waals surface area contributed by atoms with Gasteiger partial charge in [-0.3, -0.25) is 4.68 Å². The summed E-state index contributed by atoms with van der Waals surface area (Å²) in [5.41, 5.74) is 2.58.